The molecule has 1 amide bonds. The number of fused-ring (bicyclic) bond motifs is 5. The van der Waals surface area contributed by atoms with E-state index in [-0.39, 0.29) is 24.0 Å². The fourth-order valence-corrected chi connectivity index (χ4v) is 8.90. The zero-order valence-electron chi connectivity index (χ0n) is 33.4. The molecule has 4 heterocycles. The van der Waals surface area contributed by atoms with Gasteiger partial charge in [0.05, 0.1) is 45.1 Å². The highest BCUT2D eigenvalue weighted by Gasteiger charge is 2.39. The van der Waals surface area contributed by atoms with Gasteiger partial charge in [0.15, 0.2) is 0 Å². The number of hydrogen-bond acceptors (Lipinski definition) is 9. The fraction of sp³-hybridized carbons (Fsp3) is 0.378. The van der Waals surface area contributed by atoms with Crippen LogP contribution in [0.5, 0.6) is 0 Å². The molecule has 4 aromatic rings. The number of amides is 1. The standard InChI is InChI=1S/C45H47ClF2N8O3/c1-45(2)34-10-9-31(21-39(34)56-38-8-4-7-35(46)41(38)43(59)53-44(45)56)30-11-15-54(16-12-30)27-29-20-28(24-49)25-51-13-17-55(18-14-52-26-29)32-22-36(47)40(37(48)23-32)33(6-5-19-57)42(58)50-3/h4,7-10,19-23,25-26,30,33,51H,5-6,11-18,27H2,1-3H3,(H,50,58)/b28-25-,29-20+,52-26?. The Labute approximate surface area is 347 Å². The SMILES string of the molecule is CNC(=O)C(CCC=O)c1c(F)cc(N2CCN=C/C(CN3CCC(c4ccc5c(c4)-n4c(nc(=O)c6c(Cl)cccc64)C5(C)C)CC3)=C\C(C#N)=C\NCC2)cc1F. The molecule has 1 unspecified atom stereocenters. The minimum absolute atomic E-state index is 0.0103. The van der Waals surface area contributed by atoms with Gasteiger partial charge in [-0.25, -0.2) is 8.78 Å². The molecule has 1 aromatic heterocycles. The normalized spacial score (nSPS) is 19.4. The second kappa shape index (κ2) is 17.6. The Bertz CT molecular complexity index is 2460. The molecule has 14 heteroatoms. The van der Waals surface area contributed by atoms with E-state index in [1.54, 1.807) is 18.5 Å². The second-order valence-electron chi connectivity index (χ2n) is 15.8. The zero-order valence-corrected chi connectivity index (χ0v) is 34.2. The van der Waals surface area contributed by atoms with Crippen molar-refractivity contribution >= 4 is 46.6 Å². The number of benzene rings is 3. The lowest BCUT2D eigenvalue weighted by atomic mass is 9.83. The Morgan fingerprint density at radius 1 is 1.12 bits per heavy atom. The van der Waals surface area contributed by atoms with Crippen LogP contribution in [0.1, 0.15) is 73.9 Å². The van der Waals surface area contributed by atoms with Crippen molar-refractivity contribution in [3.63, 3.8) is 0 Å². The van der Waals surface area contributed by atoms with E-state index in [1.165, 1.54) is 24.7 Å². The van der Waals surface area contributed by atoms with Crippen LogP contribution in [0.2, 0.25) is 5.02 Å². The van der Waals surface area contributed by atoms with Crippen molar-refractivity contribution in [3.8, 4) is 11.8 Å². The number of likely N-dealkylation sites (N-methyl/N-ethyl adjacent to an activating group) is 1. The Morgan fingerprint density at radius 2 is 1.88 bits per heavy atom. The summed E-state index contributed by atoms with van der Waals surface area (Å²) in [5, 5.41) is 16.4. The minimum Gasteiger partial charge on any atom is -0.388 e. The van der Waals surface area contributed by atoms with Crippen molar-refractivity contribution in [3.05, 3.63) is 121 Å². The maximum absolute atomic E-state index is 15.5. The molecule has 306 valence electrons. The molecular formula is C45H47ClF2N8O3. The van der Waals surface area contributed by atoms with Crippen molar-refractivity contribution in [2.75, 3.05) is 57.8 Å². The number of allylic oxidation sites excluding steroid dienone is 2. The summed E-state index contributed by atoms with van der Waals surface area (Å²) in [5.74, 6) is -2.39. The summed E-state index contributed by atoms with van der Waals surface area (Å²) in [4.78, 5) is 50.0. The van der Waals surface area contributed by atoms with Gasteiger partial charge in [0.1, 0.15) is 29.8 Å². The van der Waals surface area contributed by atoms with Gasteiger partial charge in [0.2, 0.25) is 5.91 Å². The number of piperidine rings is 1. The molecule has 1 saturated heterocycles. The number of carbonyl (C=O) groups is 2. The van der Waals surface area contributed by atoms with Gasteiger partial charge in [0, 0.05) is 63.3 Å². The number of carbonyl (C=O) groups excluding carboxylic acids is 2. The number of likely N-dealkylation sites (tertiary alicyclic amines) is 1. The molecule has 3 aliphatic rings. The first kappa shape index (κ1) is 41.4. The zero-order chi connectivity index (χ0) is 41.8. The second-order valence-corrected chi connectivity index (χ2v) is 16.2. The van der Waals surface area contributed by atoms with Crippen LogP contribution in [-0.4, -0.2) is 85.7 Å². The molecule has 0 aliphatic carbocycles. The molecule has 1 atom stereocenters. The van der Waals surface area contributed by atoms with E-state index in [4.69, 9.17) is 11.6 Å². The van der Waals surface area contributed by atoms with Crippen LogP contribution < -0.4 is 21.1 Å². The van der Waals surface area contributed by atoms with Crippen molar-refractivity contribution in [1.29, 1.82) is 5.26 Å². The monoisotopic (exact) mass is 820 g/mol. The lowest BCUT2D eigenvalue weighted by Gasteiger charge is -2.32. The molecule has 0 saturated carbocycles. The van der Waals surface area contributed by atoms with Crippen LogP contribution in [-0.2, 0) is 15.0 Å². The van der Waals surface area contributed by atoms with E-state index in [0.717, 1.165) is 48.3 Å². The molecule has 0 radical (unpaired) electrons. The summed E-state index contributed by atoms with van der Waals surface area (Å²) in [6, 6.07) is 16.8. The van der Waals surface area contributed by atoms with Crippen molar-refractivity contribution in [2.24, 2.45) is 4.99 Å². The van der Waals surface area contributed by atoms with Crippen molar-refractivity contribution in [1.82, 2.24) is 25.1 Å². The van der Waals surface area contributed by atoms with Gasteiger partial charge in [-0.1, -0.05) is 29.8 Å². The molecule has 2 N–H and O–H groups in total. The van der Waals surface area contributed by atoms with E-state index in [2.05, 4.69) is 68.2 Å². The predicted octanol–water partition coefficient (Wildman–Crippen LogP) is 6.46. The first-order chi connectivity index (χ1) is 28.4. The number of hydrogen-bond donors (Lipinski definition) is 2. The van der Waals surface area contributed by atoms with Crippen molar-refractivity contribution in [2.45, 2.75) is 56.8 Å². The van der Waals surface area contributed by atoms with E-state index < -0.39 is 28.9 Å². The molecule has 1 fully saturated rings. The molecule has 0 spiro atoms. The summed E-state index contributed by atoms with van der Waals surface area (Å²) in [5.41, 5.74) is 4.58. The third kappa shape index (κ3) is 8.42. The number of halogens is 3. The Morgan fingerprint density at radius 3 is 2.59 bits per heavy atom. The van der Waals surface area contributed by atoms with E-state index in [0.29, 0.717) is 72.4 Å². The summed E-state index contributed by atoms with van der Waals surface area (Å²) in [6.45, 7) is 7.91. The van der Waals surface area contributed by atoms with Gasteiger partial charge in [0.25, 0.3) is 5.56 Å². The van der Waals surface area contributed by atoms with Gasteiger partial charge >= 0.3 is 0 Å². The smallest absolute Gasteiger partial charge is 0.282 e. The number of nitrogens with zero attached hydrogens (tertiary/aromatic N) is 6. The Kier molecular flexibility index (Phi) is 12.4. The summed E-state index contributed by atoms with van der Waals surface area (Å²) < 4.78 is 33.2. The summed E-state index contributed by atoms with van der Waals surface area (Å²) >= 11 is 6.50. The lowest BCUT2D eigenvalue weighted by molar-refractivity contribution is -0.122. The van der Waals surface area contributed by atoms with Gasteiger partial charge in [-0.05, 0) is 105 Å². The molecular weight excluding hydrogens is 774 g/mol. The molecule has 3 aromatic carbocycles. The highest BCUT2D eigenvalue weighted by Crippen LogP contribution is 2.45. The number of nitriles is 1. The number of aromatic nitrogens is 2. The molecule has 59 heavy (non-hydrogen) atoms. The van der Waals surface area contributed by atoms with Gasteiger partial charge in [-0.2, -0.15) is 10.2 Å². The lowest BCUT2D eigenvalue weighted by Crippen LogP contribution is -2.35. The van der Waals surface area contributed by atoms with Crippen LogP contribution >= 0.6 is 11.6 Å². The number of aliphatic imine (C=N–C) groups is 1. The quantitative estimate of drug-likeness (QED) is 0.184. The average molecular weight is 821 g/mol. The number of anilines is 1. The Hall–Kier alpha value is -5.71. The summed E-state index contributed by atoms with van der Waals surface area (Å²) in [7, 11) is 1.39. The van der Waals surface area contributed by atoms with Crippen LogP contribution in [0, 0.1) is 23.0 Å². The number of rotatable bonds is 9. The Balaban J connectivity index is 1.04. The van der Waals surface area contributed by atoms with Crippen LogP contribution in [0.15, 0.2) is 81.7 Å². The van der Waals surface area contributed by atoms with E-state index in [9.17, 15) is 19.6 Å². The van der Waals surface area contributed by atoms with Crippen LogP contribution in [0.3, 0.4) is 0 Å². The summed E-state index contributed by atoms with van der Waals surface area (Å²) in [6.07, 6.45) is 7.71. The van der Waals surface area contributed by atoms with E-state index >= 15 is 8.78 Å². The van der Waals surface area contributed by atoms with Crippen LogP contribution in [0.4, 0.5) is 14.5 Å². The largest absolute Gasteiger partial charge is 0.388 e. The fourth-order valence-electron chi connectivity index (χ4n) is 8.65. The maximum atomic E-state index is 15.5. The molecule has 3 aliphatic heterocycles. The average Bonchev–Trinajstić information content (AvgIpc) is 3.44. The number of aldehydes is 1. The van der Waals surface area contributed by atoms with Crippen molar-refractivity contribution < 1.29 is 18.4 Å². The molecule has 11 nitrogen and oxygen atoms in total. The third-order valence-electron chi connectivity index (χ3n) is 11.7. The predicted molar refractivity (Wildman–Crippen MR) is 227 cm³/mol. The maximum Gasteiger partial charge on any atom is 0.282 e. The van der Waals surface area contributed by atoms with Gasteiger partial charge < -0.3 is 20.3 Å². The molecule has 7 rings (SSSR count). The highest BCUT2D eigenvalue weighted by molar-refractivity contribution is 6.35. The number of nitrogens with one attached hydrogen (secondary N) is 2. The third-order valence-corrected chi connectivity index (χ3v) is 12.1. The molecule has 0 bridgehead atoms. The topological polar surface area (TPSA) is 136 Å². The van der Waals surface area contributed by atoms with Crippen LogP contribution in [0.25, 0.3) is 16.6 Å². The van der Waals surface area contributed by atoms with E-state index in [1.807, 2.05) is 23.1 Å². The van der Waals surface area contributed by atoms with Gasteiger partial charge in [-0.15, -0.1) is 0 Å². The highest BCUT2D eigenvalue weighted by atomic mass is 35.5. The first-order valence-electron chi connectivity index (χ1n) is 20.0. The van der Waals surface area contributed by atoms with Gasteiger partial charge in [-0.3, -0.25) is 24.0 Å². The minimum atomic E-state index is -1.14. The first-order valence-corrected chi connectivity index (χ1v) is 20.3.